The Morgan fingerprint density at radius 1 is 1.12 bits per heavy atom. The van der Waals surface area contributed by atoms with Crippen LogP contribution in [0.4, 0.5) is 5.69 Å². The van der Waals surface area contributed by atoms with Crippen LogP contribution in [0.5, 0.6) is 0 Å². The molecule has 25 heavy (non-hydrogen) atoms. The second-order valence-corrected chi connectivity index (χ2v) is 7.57. The third kappa shape index (κ3) is 2.61. The Labute approximate surface area is 148 Å². The van der Waals surface area contributed by atoms with Gasteiger partial charge in [-0.1, -0.05) is 12.1 Å². The van der Waals surface area contributed by atoms with Gasteiger partial charge in [0.05, 0.1) is 5.69 Å². The molecule has 4 nitrogen and oxygen atoms in total. The summed E-state index contributed by atoms with van der Waals surface area (Å²) in [6, 6.07) is 12.8. The maximum atomic E-state index is 4.50. The van der Waals surface area contributed by atoms with E-state index < -0.39 is 0 Å². The first kappa shape index (κ1) is 15.0. The Bertz CT molecular complexity index is 886. The number of pyridine rings is 1. The number of aromatic nitrogens is 2. The van der Waals surface area contributed by atoms with E-state index >= 15 is 0 Å². The fourth-order valence-corrected chi connectivity index (χ4v) is 4.77. The summed E-state index contributed by atoms with van der Waals surface area (Å²) in [4.78, 5) is 10.4. The summed E-state index contributed by atoms with van der Waals surface area (Å²) in [6.07, 6.45) is 11.1. The third-order valence-corrected chi connectivity index (χ3v) is 6.11. The average molecular weight is 332 g/mol. The molecule has 0 spiro atoms. The smallest absolute Gasteiger partial charge is 0.0535 e. The quantitative estimate of drug-likeness (QED) is 0.753. The van der Waals surface area contributed by atoms with Crippen molar-refractivity contribution < 1.29 is 0 Å². The highest BCUT2D eigenvalue weighted by Crippen LogP contribution is 2.36. The largest absolute Gasteiger partial charge is 0.381 e. The van der Waals surface area contributed by atoms with Crippen LogP contribution >= 0.6 is 0 Å². The molecule has 4 heteroatoms. The molecule has 0 amide bonds. The van der Waals surface area contributed by atoms with Gasteiger partial charge in [0, 0.05) is 53.2 Å². The van der Waals surface area contributed by atoms with Gasteiger partial charge in [-0.05, 0) is 56.5 Å². The SMILES string of the molecule is CN1[C@@H]2CC[C@H]1C[C@@H](Nc1cncc(-c3cccc4[nH]ccc34)c1)C2. The molecule has 2 N–H and O–H groups in total. The van der Waals surface area contributed by atoms with Crippen molar-refractivity contribution in [3.8, 4) is 11.1 Å². The normalized spacial score (nSPS) is 26.2. The van der Waals surface area contributed by atoms with Crippen LogP contribution in [-0.2, 0) is 0 Å². The van der Waals surface area contributed by atoms with Crippen LogP contribution in [0.15, 0.2) is 48.9 Å². The van der Waals surface area contributed by atoms with Crippen molar-refractivity contribution in [2.75, 3.05) is 12.4 Å². The molecule has 0 saturated carbocycles. The number of nitrogens with zero attached hydrogens (tertiary/aromatic N) is 2. The van der Waals surface area contributed by atoms with Gasteiger partial charge in [-0.3, -0.25) is 4.98 Å². The summed E-state index contributed by atoms with van der Waals surface area (Å²) in [6.45, 7) is 0. The lowest BCUT2D eigenvalue weighted by atomic mass is 9.97. The number of aromatic amines is 1. The first-order valence-corrected chi connectivity index (χ1v) is 9.28. The van der Waals surface area contributed by atoms with Gasteiger partial charge in [-0.25, -0.2) is 0 Å². The highest BCUT2D eigenvalue weighted by Gasteiger charge is 2.38. The molecule has 2 saturated heterocycles. The highest BCUT2D eigenvalue weighted by molar-refractivity contribution is 5.95. The maximum Gasteiger partial charge on any atom is 0.0535 e. The van der Waals surface area contributed by atoms with Crippen LogP contribution < -0.4 is 5.32 Å². The van der Waals surface area contributed by atoms with Crippen LogP contribution in [0.2, 0.25) is 0 Å². The van der Waals surface area contributed by atoms with Crippen molar-refractivity contribution in [1.29, 1.82) is 0 Å². The molecule has 2 bridgehead atoms. The zero-order chi connectivity index (χ0) is 16.8. The lowest BCUT2D eigenvalue weighted by Gasteiger charge is -2.37. The predicted octanol–water partition coefficient (Wildman–Crippen LogP) is 4.27. The number of fused-ring (bicyclic) bond motifs is 3. The van der Waals surface area contributed by atoms with E-state index in [1.807, 2.05) is 18.6 Å². The van der Waals surface area contributed by atoms with E-state index in [0.717, 1.165) is 17.8 Å². The van der Waals surface area contributed by atoms with Crippen LogP contribution in [0.1, 0.15) is 25.7 Å². The van der Waals surface area contributed by atoms with Crippen LogP contribution in [0.3, 0.4) is 0 Å². The molecule has 3 aromatic rings. The fourth-order valence-electron chi connectivity index (χ4n) is 4.77. The lowest BCUT2D eigenvalue weighted by Crippen LogP contribution is -2.44. The molecule has 4 heterocycles. The summed E-state index contributed by atoms with van der Waals surface area (Å²) >= 11 is 0. The molecule has 0 unspecified atom stereocenters. The fraction of sp³-hybridized carbons (Fsp3) is 0.381. The minimum absolute atomic E-state index is 0.564. The third-order valence-electron chi connectivity index (χ3n) is 6.11. The molecule has 2 aliphatic heterocycles. The van der Waals surface area contributed by atoms with Crippen LogP contribution in [0.25, 0.3) is 22.0 Å². The molecule has 128 valence electrons. The summed E-state index contributed by atoms with van der Waals surface area (Å²) < 4.78 is 0. The van der Waals surface area contributed by atoms with E-state index in [9.17, 15) is 0 Å². The summed E-state index contributed by atoms with van der Waals surface area (Å²) in [5.74, 6) is 0. The van der Waals surface area contributed by atoms with Crippen LogP contribution in [0, 0.1) is 0 Å². The number of hydrogen-bond donors (Lipinski definition) is 2. The number of rotatable bonds is 3. The Balaban J connectivity index is 1.41. The van der Waals surface area contributed by atoms with Gasteiger partial charge < -0.3 is 15.2 Å². The zero-order valence-corrected chi connectivity index (χ0v) is 14.6. The molecule has 3 atom stereocenters. The number of H-pyrrole nitrogens is 1. The van der Waals surface area contributed by atoms with Crippen molar-refractivity contribution in [1.82, 2.24) is 14.9 Å². The van der Waals surface area contributed by atoms with Crippen molar-refractivity contribution in [3.63, 3.8) is 0 Å². The number of anilines is 1. The van der Waals surface area contributed by atoms with E-state index in [-0.39, 0.29) is 0 Å². The Hall–Kier alpha value is -2.33. The first-order chi connectivity index (χ1) is 12.3. The molecule has 5 rings (SSSR count). The Morgan fingerprint density at radius 3 is 2.80 bits per heavy atom. The standard InChI is InChI=1S/C21H24N4/c1-25-17-5-6-18(25)11-15(10-17)24-16-9-14(12-22-13-16)19-3-2-4-21-20(19)7-8-23-21/h2-4,7-9,12-13,15,17-18,23-24H,5-6,10-11H2,1H3/t15-,17+,18-. The van der Waals surface area contributed by atoms with Gasteiger partial charge >= 0.3 is 0 Å². The number of piperidine rings is 1. The van der Waals surface area contributed by atoms with Gasteiger partial charge in [0.15, 0.2) is 0 Å². The highest BCUT2D eigenvalue weighted by atomic mass is 15.2. The Morgan fingerprint density at radius 2 is 1.96 bits per heavy atom. The summed E-state index contributed by atoms with van der Waals surface area (Å²) in [5.41, 5.74) is 4.71. The lowest BCUT2D eigenvalue weighted by molar-refractivity contribution is 0.169. The zero-order valence-electron chi connectivity index (χ0n) is 14.6. The van der Waals surface area contributed by atoms with Crippen molar-refractivity contribution in [2.45, 2.75) is 43.8 Å². The predicted molar refractivity (Wildman–Crippen MR) is 103 cm³/mol. The van der Waals surface area contributed by atoms with Gasteiger partial charge in [-0.2, -0.15) is 0 Å². The molecule has 2 aliphatic rings. The van der Waals surface area contributed by atoms with E-state index in [0.29, 0.717) is 6.04 Å². The minimum atomic E-state index is 0.564. The average Bonchev–Trinajstić information content (AvgIpc) is 3.17. The van der Waals surface area contributed by atoms with Crippen molar-refractivity contribution >= 4 is 16.6 Å². The minimum Gasteiger partial charge on any atom is -0.381 e. The molecule has 0 aliphatic carbocycles. The van der Waals surface area contributed by atoms with E-state index in [1.165, 1.54) is 47.7 Å². The second-order valence-electron chi connectivity index (χ2n) is 7.57. The van der Waals surface area contributed by atoms with Gasteiger partial charge in [0.25, 0.3) is 0 Å². The molecule has 1 aromatic carbocycles. The van der Waals surface area contributed by atoms with Gasteiger partial charge in [-0.15, -0.1) is 0 Å². The maximum absolute atomic E-state index is 4.50. The first-order valence-electron chi connectivity index (χ1n) is 9.28. The number of benzene rings is 1. The van der Waals surface area contributed by atoms with Crippen molar-refractivity contribution in [3.05, 3.63) is 48.9 Å². The summed E-state index contributed by atoms with van der Waals surface area (Å²) in [5, 5.41) is 5.01. The Kier molecular flexibility index (Phi) is 3.52. The van der Waals surface area contributed by atoms with Gasteiger partial charge in [0.2, 0.25) is 0 Å². The van der Waals surface area contributed by atoms with E-state index in [2.05, 4.69) is 57.6 Å². The van der Waals surface area contributed by atoms with E-state index in [4.69, 9.17) is 0 Å². The monoisotopic (exact) mass is 332 g/mol. The molecular formula is C21H24N4. The van der Waals surface area contributed by atoms with Crippen molar-refractivity contribution in [2.24, 2.45) is 0 Å². The number of hydrogen-bond acceptors (Lipinski definition) is 3. The van der Waals surface area contributed by atoms with Gasteiger partial charge in [0.1, 0.15) is 0 Å². The summed E-state index contributed by atoms with van der Waals surface area (Å²) in [7, 11) is 2.29. The molecular weight excluding hydrogens is 308 g/mol. The topological polar surface area (TPSA) is 44.0 Å². The number of nitrogens with one attached hydrogen (secondary N) is 2. The molecule has 0 radical (unpaired) electrons. The van der Waals surface area contributed by atoms with Crippen LogP contribution in [-0.4, -0.2) is 40.0 Å². The van der Waals surface area contributed by atoms with E-state index in [1.54, 1.807) is 0 Å². The second kappa shape index (κ2) is 5.88. The molecule has 2 aromatic heterocycles. The molecule has 2 fully saturated rings.